The molecule has 0 aliphatic carbocycles. The fourth-order valence-corrected chi connectivity index (χ4v) is 0.749. The van der Waals surface area contributed by atoms with Crippen LogP contribution in [0.5, 0.6) is 0 Å². The molecule has 3 nitrogen and oxygen atoms in total. The molecule has 0 atom stereocenters. The Morgan fingerprint density at radius 1 is 1.47 bits per heavy atom. The van der Waals surface area contributed by atoms with E-state index in [9.17, 15) is 14.0 Å². The number of carbonyl (C=O) groups excluding carboxylic acids is 2. The zero-order chi connectivity index (χ0) is 11.7. The Labute approximate surface area is 87.9 Å². The highest BCUT2D eigenvalue weighted by Gasteiger charge is 1.94. The second-order valence-corrected chi connectivity index (χ2v) is 2.67. The Morgan fingerprint density at radius 2 is 2.13 bits per heavy atom. The monoisotopic (exact) mass is 212 g/mol. The first-order valence-electron chi connectivity index (χ1n) is 4.44. The van der Waals surface area contributed by atoms with E-state index in [-0.39, 0.29) is 6.29 Å². The van der Waals surface area contributed by atoms with Gasteiger partial charge in [-0.05, 0) is 25.5 Å². The maximum absolute atomic E-state index is 12.3. The van der Waals surface area contributed by atoms with Crippen LogP contribution in [0.3, 0.4) is 0 Å². The van der Waals surface area contributed by atoms with Gasteiger partial charge in [-0.3, -0.25) is 4.79 Å². The molecule has 0 N–H and O–H groups in total. The van der Waals surface area contributed by atoms with Gasteiger partial charge in [0.2, 0.25) is 0 Å². The number of ether oxygens (including phenoxy) is 1. The second kappa shape index (κ2) is 7.67. The standard InChI is InChI=1S/C11H13FO3/c1-3-15-11(14)7-9(2)5-4-6-10(12)8-13/h4-8H,3H2,1-2H3/b5-4+,9-7-,10-6+. The lowest BCUT2D eigenvalue weighted by Crippen LogP contribution is -1.99. The molecule has 4 heteroatoms. The van der Waals surface area contributed by atoms with Crippen molar-refractivity contribution in [2.45, 2.75) is 13.8 Å². The maximum atomic E-state index is 12.3. The summed E-state index contributed by atoms with van der Waals surface area (Å²) in [6.07, 6.45) is 5.24. The lowest BCUT2D eigenvalue weighted by Gasteiger charge is -1.95. The largest absolute Gasteiger partial charge is 0.463 e. The molecule has 0 saturated heterocycles. The van der Waals surface area contributed by atoms with Crippen molar-refractivity contribution < 1.29 is 18.7 Å². The van der Waals surface area contributed by atoms with Gasteiger partial charge in [0.05, 0.1) is 6.61 Å². The van der Waals surface area contributed by atoms with Gasteiger partial charge in [0, 0.05) is 6.08 Å². The average molecular weight is 212 g/mol. The summed E-state index contributed by atoms with van der Waals surface area (Å²) in [6, 6.07) is 0. The van der Waals surface area contributed by atoms with Gasteiger partial charge in [-0.2, -0.15) is 0 Å². The van der Waals surface area contributed by atoms with Gasteiger partial charge in [-0.25, -0.2) is 9.18 Å². The topological polar surface area (TPSA) is 43.4 Å². The molecule has 0 amide bonds. The van der Waals surface area contributed by atoms with Gasteiger partial charge in [0.15, 0.2) is 12.1 Å². The molecule has 0 fully saturated rings. The quantitative estimate of drug-likeness (QED) is 0.303. The summed E-state index contributed by atoms with van der Waals surface area (Å²) in [4.78, 5) is 20.8. The Hall–Kier alpha value is -1.71. The molecular formula is C11H13FO3. The van der Waals surface area contributed by atoms with E-state index in [0.29, 0.717) is 12.2 Å². The van der Waals surface area contributed by atoms with Crippen molar-refractivity contribution in [3.05, 3.63) is 35.7 Å². The molecule has 0 saturated carbocycles. The van der Waals surface area contributed by atoms with E-state index >= 15 is 0 Å². The molecule has 0 bridgehead atoms. The summed E-state index contributed by atoms with van der Waals surface area (Å²) in [5.41, 5.74) is 0.614. The number of esters is 1. The zero-order valence-electron chi connectivity index (χ0n) is 8.70. The van der Waals surface area contributed by atoms with E-state index in [4.69, 9.17) is 0 Å². The third-order valence-electron chi connectivity index (χ3n) is 1.36. The first kappa shape index (κ1) is 13.3. The number of rotatable bonds is 5. The molecule has 0 aromatic heterocycles. The Bertz CT molecular complexity index is 314. The third-order valence-corrected chi connectivity index (χ3v) is 1.36. The summed E-state index contributed by atoms with van der Waals surface area (Å²) < 4.78 is 17.0. The minimum absolute atomic E-state index is 0.106. The van der Waals surface area contributed by atoms with Gasteiger partial charge in [0.25, 0.3) is 0 Å². The van der Waals surface area contributed by atoms with Crippen LogP contribution in [-0.4, -0.2) is 18.9 Å². The van der Waals surface area contributed by atoms with Crippen molar-refractivity contribution in [3.63, 3.8) is 0 Å². The van der Waals surface area contributed by atoms with Crippen molar-refractivity contribution in [1.29, 1.82) is 0 Å². The number of hydrogen-bond donors (Lipinski definition) is 0. The van der Waals surface area contributed by atoms with Crippen LogP contribution in [0.1, 0.15) is 13.8 Å². The predicted molar refractivity (Wildman–Crippen MR) is 54.8 cm³/mol. The SMILES string of the molecule is CCOC(=O)\C=C(C)/C=C/C=C(/F)C=O. The summed E-state index contributed by atoms with van der Waals surface area (Å²) >= 11 is 0. The van der Waals surface area contributed by atoms with Crippen LogP contribution in [0.15, 0.2) is 35.7 Å². The molecule has 0 aromatic carbocycles. The van der Waals surface area contributed by atoms with Crippen LogP contribution < -0.4 is 0 Å². The number of halogens is 1. The summed E-state index contributed by atoms with van der Waals surface area (Å²) in [5.74, 6) is -1.31. The van der Waals surface area contributed by atoms with Gasteiger partial charge in [0.1, 0.15) is 0 Å². The molecule has 0 aromatic rings. The first-order valence-corrected chi connectivity index (χ1v) is 4.44. The van der Waals surface area contributed by atoms with Crippen molar-refractivity contribution in [3.8, 4) is 0 Å². The third kappa shape index (κ3) is 7.37. The highest BCUT2D eigenvalue weighted by molar-refractivity contribution is 5.83. The predicted octanol–water partition coefficient (Wildman–Crippen LogP) is 2.10. The first-order chi connectivity index (χ1) is 7.10. The van der Waals surface area contributed by atoms with Crippen LogP contribution in [0, 0.1) is 0 Å². The molecule has 15 heavy (non-hydrogen) atoms. The summed E-state index contributed by atoms with van der Waals surface area (Å²) in [7, 11) is 0. The van der Waals surface area contributed by atoms with Gasteiger partial charge < -0.3 is 4.74 Å². The van der Waals surface area contributed by atoms with E-state index in [1.807, 2.05) is 0 Å². The van der Waals surface area contributed by atoms with Crippen LogP contribution in [0.4, 0.5) is 4.39 Å². The lowest BCUT2D eigenvalue weighted by molar-refractivity contribution is -0.137. The molecule has 0 heterocycles. The smallest absolute Gasteiger partial charge is 0.330 e. The van der Waals surface area contributed by atoms with Crippen molar-refractivity contribution in [2.24, 2.45) is 0 Å². The Kier molecular flexibility index (Phi) is 6.80. The van der Waals surface area contributed by atoms with Crippen molar-refractivity contribution in [1.82, 2.24) is 0 Å². The van der Waals surface area contributed by atoms with Crippen LogP contribution in [-0.2, 0) is 14.3 Å². The van der Waals surface area contributed by atoms with E-state index in [0.717, 1.165) is 6.08 Å². The van der Waals surface area contributed by atoms with Crippen LogP contribution >= 0.6 is 0 Å². The van der Waals surface area contributed by atoms with E-state index in [1.165, 1.54) is 18.2 Å². The molecule has 0 rings (SSSR count). The van der Waals surface area contributed by atoms with Gasteiger partial charge in [-0.15, -0.1) is 0 Å². The Morgan fingerprint density at radius 3 is 2.67 bits per heavy atom. The minimum Gasteiger partial charge on any atom is -0.463 e. The fourth-order valence-electron chi connectivity index (χ4n) is 0.749. The molecule has 0 radical (unpaired) electrons. The van der Waals surface area contributed by atoms with E-state index in [2.05, 4.69) is 4.74 Å². The minimum atomic E-state index is -0.866. The molecule has 82 valence electrons. The molecule has 0 aliphatic rings. The van der Waals surface area contributed by atoms with Crippen LogP contribution in [0.2, 0.25) is 0 Å². The van der Waals surface area contributed by atoms with Gasteiger partial charge >= 0.3 is 5.97 Å². The number of allylic oxidation sites excluding steroid dienone is 5. The average Bonchev–Trinajstić information content (AvgIpc) is 2.17. The Balaban J connectivity index is 4.29. The molecule has 0 unspecified atom stereocenters. The zero-order valence-corrected chi connectivity index (χ0v) is 8.70. The van der Waals surface area contributed by atoms with Crippen LogP contribution in [0.25, 0.3) is 0 Å². The number of carbonyl (C=O) groups is 2. The summed E-state index contributed by atoms with van der Waals surface area (Å²) in [5, 5.41) is 0. The van der Waals surface area contributed by atoms with E-state index in [1.54, 1.807) is 13.8 Å². The maximum Gasteiger partial charge on any atom is 0.330 e. The number of hydrogen-bond acceptors (Lipinski definition) is 3. The molecular weight excluding hydrogens is 199 g/mol. The van der Waals surface area contributed by atoms with Crippen molar-refractivity contribution >= 4 is 12.3 Å². The lowest BCUT2D eigenvalue weighted by atomic mass is 10.2. The van der Waals surface area contributed by atoms with Gasteiger partial charge in [-0.1, -0.05) is 12.2 Å². The van der Waals surface area contributed by atoms with Crippen molar-refractivity contribution in [2.75, 3.05) is 6.61 Å². The van der Waals surface area contributed by atoms with E-state index < -0.39 is 11.8 Å². The fraction of sp³-hybridized carbons (Fsp3) is 0.273. The normalized spacial score (nSPS) is 13.0. The highest BCUT2D eigenvalue weighted by Crippen LogP contribution is 1.98. The molecule has 0 aliphatic heterocycles. The number of aldehydes is 1. The second-order valence-electron chi connectivity index (χ2n) is 2.67. The molecule has 0 spiro atoms. The highest BCUT2D eigenvalue weighted by atomic mass is 19.1. The summed E-state index contributed by atoms with van der Waals surface area (Å²) in [6.45, 7) is 3.69.